The summed E-state index contributed by atoms with van der Waals surface area (Å²) in [6.07, 6.45) is 98.9. The Hall–Kier alpha value is -4.31. The summed E-state index contributed by atoms with van der Waals surface area (Å²) in [4.78, 5) is 37.7. The maximum Gasteiger partial charge on any atom is 0.361 e. The van der Waals surface area contributed by atoms with Gasteiger partial charge in [-0.25, -0.2) is 4.79 Å². The van der Waals surface area contributed by atoms with Gasteiger partial charge in [-0.05, 0) is 109 Å². The van der Waals surface area contributed by atoms with E-state index in [1.807, 2.05) is 21.1 Å². The normalized spacial score (nSPS) is 13.4. The third-order valence-corrected chi connectivity index (χ3v) is 16.2. The van der Waals surface area contributed by atoms with E-state index < -0.39 is 24.3 Å². The maximum absolute atomic E-state index is 13.0. The van der Waals surface area contributed by atoms with Gasteiger partial charge in [0, 0.05) is 12.8 Å². The number of carbonyl (C=O) groups is 3. The molecule has 0 aromatic carbocycles. The van der Waals surface area contributed by atoms with Crippen LogP contribution in [0.25, 0.3) is 0 Å². The highest BCUT2D eigenvalue weighted by molar-refractivity contribution is 5.71. The van der Waals surface area contributed by atoms with Crippen molar-refractivity contribution >= 4 is 17.9 Å². The fourth-order valence-electron chi connectivity index (χ4n) is 10.5. The van der Waals surface area contributed by atoms with Crippen molar-refractivity contribution in [2.75, 3.05) is 47.5 Å². The molecule has 0 radical (unpaired) electrons. The lowest BCUT2D eigenvalue weighted by Gasteiger charge is -2.25. The summed E-state index contributed by atoms with van der Waals surface area (Å²) in [6, 6.07) is 0. The Kier molecular flexibility index (Phi) is 68.1. The van der Waals surface area contributed by atoms with Gasteiger partial charge in [-0.1, -0.05) is 322 Å². The fraction of sp³-hybridized carbons (Fsp3) is 0.720. The van der Waals surface area contributed by atoms with Crippen LogP contribution in [0.15, 0.2) is 122 Å². The number of rotatable bonds is 69. The van der Waals surface area contributed by atoms with E-state index in [4.69, 9.17) is 18.9 Å². The minimum absolute atomic E-state index is 0.183. The molecule has 0 saturated carbocycles. The minimum atomic E-state index is -1.52. The Morgan fingerprint density at radius 3 is 0.934 bits per heavy atom. The topological polar surface area (TPSA) is 108 Å². The van der Waals surface area contributed by atoms with Crippen LogP contribution in [-0.2, 0) is 33.3 Å². The number of nitrogens with zero attached hydrogens (tertiary/aromatic N) is 1. The van der Waals surface area contributed by atoms with E-state index >= 15 is 0 Å². The zero-order valence-electron chi connectivity index (χ0n) is 59.7. The quantitative estimate of drug-likeness (QED) is 0.0211. The average Bonchev–Trinajstić information content (AvgIpc) is 3.46. The molecule has 9 nitrogen and oxygen atoms in total. The smallest absolute Gasteiger partial charge is 0.361 e. The van der Waals surface area contributed by atoms with Crippen molar-refractivity contribution in [2.45, 2.75) is 334 Å². The molecule has 91 heavy (non-hydrogen) atoms. The zero-order valence-corrected chi connectivity index (χ0v) is 59.7. The number of carboxylic acid groups (broad SMARTS) is 1. The highest BCUT2D eigenvalue weighted by Crippen LogP contribution is 2.18. The molecular weight excluding hydrogens is 1130 g/mol. The summed E-state index contributed by atoms with van der Waals surface area (Å²) in [5, 5.41) is 9.76. The van der Waals surface area contributed by atoms with Gasteiger partial charge in [-0.2, -0.15) is 0 Å². The molecule has 0 aliphatic rings. The number of hydrogen-bond acceptors (Lipinski definition) is 7. The predicted molar refractivity (Wildman–Crippen MR) is 391 cm³/mol. The summed E-state index contributed by atoms with van der Waals surface area (Å²) < 4.78 is 23.0. The van der Waals surface area contributed by atoms with Crippen LogP contribution >= 0.6 is 0 Å². The van der Waals surface area contributed by atoms with Crippen molar-refractivity contribution < 1.29 is 42.9 Å². The number of carbonyl (C=O) groups excluding carboxylic acids is 2. The van der Waals surface area contributed by atoms with Gasteiger partial charge in [0.1, 0.15) is 13.2 Å². The van der Waals surface area contributed by atoms with Crippen LogP contribution in [0.3, 0.4) is 0 Å². The molecule has 0 aliphatic carbocycles. The number of esters is 2. The third kappa shape index (κ3) is 73.0. The number of likely N-dealkylation sites (N-methyl/N-ethyl adjacent to an activating group) is 1. The lowest BCUT2D eigenvalue weighted by atomic mass is 10.0. The summed E-state index contributed by atoms with van der Waals surface area (Å²) >= 11 is 0. The molecule has 0 aromatic heterocycles. The van der Waals surface area contributed by atoms with Gasteiger partial charge in [0.25, 0.3) is 6.29 Å². The van der Waals surface area contributed by atoms with E-state index in [1.165, 1.54) is 186 Å². The first-order chi connectivity index (χ1) is 44.6. The predicted octanol–water partition coefficient (Wildman–Crippen LogP) is 23.9. The van der Waals surface area contributed by atoms with E-state index in [9.17, 15) is 19.5 Å². The molecule has 0 fully saturated rings. The largest absolute Gasteiger partial charge is 0.477 e. The van der Waals surface area contributed by atoms with Crippen LogP contribution in [0, 0.1) is 0 Å². The van der Waals surface area contributed by atoms with Crippen molar-refractivity contribution in [2.24, 2.45) is 0 Å². The maximum atomic E-state index is 13.0. The standard InChI is InChI=1S/C82H141NO8/c1-6-8-10-12-14-16-18-20-22-24-26-28-30-32-34-36-38-40-42-44-46-48-50-52-54-56-58-60-62-64-66-68-70-72-79(84)89-76-78(77-90-82(81(86)87)88-75-74-83(3,4)5)91-80(85)73-71-69-67-65-63-61-59-57-55-53-51-49-47-45-43-41-39-37-35-33-31-29-27-25-23-21-19-17-15-13-11-9-7-2/h9,11,15,17-18,20-21,23-24,26-27,29-30,32-33,35,39,41,45,47,78,82H,6-8,10,12-14,16,19,22,25,28,31,34,36-38,40,42-44,46,48-77H2,1-5H3/p+1/b11-9-,17-15-,20-18-,23-21-,26-24-,29-27-,32-30-,35-33-,41-39-,47-45-. The summed E-state index contributed by atoms with van der Waals surface area (Å²) in [5.74, 6) is -2.00. The first-order valence-corrected chi connectivity index (χ1v) is 37.7. The molecule has 1 N–H and O–H groups in total. The molecule has 0 heterocycles. The number of ether oxygens (including phenoxy) is 4. The third-order valence-electron chi connectivity index (χ3n) is 16.2. The number of hydrogen-bond donors (Lipinski definition) is 1. The van der Waals surface area contributed by atoms with Crippen molar-refractivity contribution in [1.29, 1.82) is 0 Å². The second-order valence-electron chi connectivity index (χ2n) is 26.2. The highest BCUT2D eigenvalue weighted by Gasteiger charge is 2.25. The zero-order chi connectivity index (χ0) is 66.1. The van der Waals surface area contributed by atoms with Gasteiger partial charge in [0.15, 0.2) is 6.10 Å². The van der Waals surface area contributed by atoms with Crippen LogP contribution in [0.1, 0.15) is 322 Å². The molecule has 9 heteroatoms. The lowest BCUT2D eigenvalue weighted by Crippen LogP contribution is -2.40. The Bertz CT molecular complexity index is 1910. The SMILES string of the molecule is CC/C=C\C/C=C\C/C=C\C/C=C\C/C=C\C/C=C\C/C=C\CCCCCCCCCCCCCC(=O)OC(COC(=O)CCCCCCCCCCCCCCCCCCCC/C=C\C/C=C\C/C=C\CCCCCCC)COC(OCC[N+](C)(C)C)C(=O)O. The first kappa shape index (κ1) is 86.7. The number of quaternary nitrogens is 1. The second kappa shape index (κ2) is 71.5. The molecule has 0 amide bonds. The average molecular weight is 1270 g/mol. The van der Waals surface area contributed by atoms with Crippen molar-refractivity contribution in [3.05, 3.63) is 122 Å². The molecule has 0 bridgehead atoms. The van der Waals surface area contributed by atoms with Crippen molar-refractivity contribution in [3.63, 3.8) is 0 Å². The fourth-order valence-corrected chi connectivity index (χ4v) is 10.5. The van der Waals surface area contributed by atoms with E-state index in [0.717, 1.165) is 103 Å². The summed E-state index contributed by atoms with van der Waals surface area (Å²) in [6.45, 7) is 4.77. The van der Waals surface area contributed by atoms with Crippen LogP contribution in [0.4, 0.5) is 0 Å². The van der Waals surface area contributed by atoms with Crippen molar-refractivity contribution in [3.8, 4) is 0 Å². The van der Waals surface area contributed by atoms with E-state index in [-0.39, 0.29) is 32.2 Å². The number of aliphatic carboxylic acids is 1. The van der Waals surface area contributed by atoms with Gasteiger partial charge >= 0.3 is 17.9 Å². The Morgan fingerprint density at radius 2 is 0.626 bits per heavy atom. The van der Waals surface area contributed by atoms with Gasteiger partial charge in [0.2, 0.25) is 0 Å². The summed E-state index contributed by atoms with van der Waals surface area (Å²) in [7, 11) is 5.98. The molecule has 0 spiro atoms. The Morgan fingerprint density at radius 1 is 0.341 bits per heavy atom. The monoisotopic (exact) mass is 1270 g/mol. The van der Waals surface area contributed by atoms with Crippen molar-refractivity contribution in [1.82, 2.24) is 0 Å². The molecule has 0 rings (SSSR count). The van der Waals surface area contributed by atoms with Crippen LogP contribution in [-0.4, -0.2) is 87.4 Å². The van der Waals surface area contributed by atoms with Gasteiger partial charge < -0.3 is 28.5 Å². The lowest BCUT2D eigenvalue weighted by molar-refractivity contribution is -0.870. The van der Waals surface area contributed by atoms with Crippen LogP contribution < -0.4 is 0 Å². The molecular formula is C82H142NO8+. The first-order valence-electron chi connectivity index (χ1n) is 37.7. The molecule has 522 valence electrons. The molecule has 2 unspecified atom stereocenters. The van der Waals surface area contributed by atoms with E-state index in [2.05, 4.69) is 135 Å². The number of unbranched alkanes of at least 4 members (excludes halogenated alkanes) is 34. The minimum Gasteiger partial charge on any atom is -0.477 e. The molecule has 0 saturated heterocycles. The Labute approximate surface area is 561 Å². The second-order valence-corrected chi connectivity index (χ2v) is 26.2. The summed E-state index contributed by atoms with van der Waals surface area (Å²) in [5.41, 5.74) is 0. The molecule has 0 aromatic rings. The van der Waals surface area contributed by atoms with E-state index in [0.29, 0.717) is 23.9 Å². The van der Waals surface area contributed by atoms with Gasteiger partial charge in [0.05, 0.1) is 34.4 Å². The van der Waals surface area contributed by atoms with Gasteiger partial charge in [-0.15, -0.1) is 0 Å². The Balaban J connectivity index is 4.10. The molecule has 2 atom stereocenters. The molecule has 0 aliphatic heterocycles. The van der Waals surface area contributed by atoms with Crippen LogP contribution in [0.2, 0.25) is 0 Å². The highest BCUT2D eigenvalue weighted by atomic mass is 16.7. The van der Waals surface area contributed by atoms with E-state index in [1.54, 1.807) is 0 Å². The van der Waals surface area contributed by atoms with Gasteiger partial charge in [-0.3, -0.25) is 9.59 Å². The van der Waals surface area contributed by atoms with Crippen LogP contribution in [0.5, 0.6) is 0 Å². The number of carboxylic acids is 1. The number of allylic oxidation sites excluding steroid dienone is 20.